The Balaban J connectivity index is 1.67. The molecule has 3 amide bonds. The standard InChI is InChI=1S/C20H22N4O5S/c1-13(2)23-30(28,29)17-9-5-15(6-10-17)21-20(27)14-3-7-16(8-4-14)24-19(26)12-11-18(25)22-24/h3-10,13,23H,11-12H2,1-2H3,(H,21,27)(H,22,25). The molecule has 2 aromatic carbocycles. The Labute approximate surface area is 174 Å². The summed E-state index contributed by atoms with van der Waals surface area (Å²) in [5.41, 5.74) is 3.72. The highest BCUT2D eigenvalue weighted by Gasteiger charge is 2.24. The number of rotatable bonds is 6. The van der Waals surface area contributed by atoms with Crippen molar-refractivity contribution >= 4 is 39.1 Å². The van der Waals surface area contributed by atoms with E-state index in [4.69, 9.17) is 0 Å². The summed E-state index contributed by atoms with van der Waals surface area (Å²) in [5.74, 6) is -0.870. The van der Waals surface area contributed by atoms with Crippen LogP contribution in [0.5, 0.6) is 0 Å². The molecule has 158 valence electrons. The van der Waals surface area contributed by atoms with Crippen molar-refractivity contribution in [2.45, 2.75) is 37.6 Å². The van der Waals surface area contributed by atoms with Gasteiger partial charge in [-0.15, -0.1) is 0 Å². The van der Waals surface area contributed by atoms with Gasteiger partial charge in [0.05, 0.1) is 10.6 Å². The van der Waals surface area contributed by atoms with Crippen LogP contribution in [0.15, 0.2) is 53.4 Å². The van der Waals surface area contributed by atoms with Crippen molar-refractivity contribution in [1.82, 2.24) is 10.1 Å². The number of carbonyl (C=O) groups excluding carboxylic acids is 3. The van der Waals surface area contributed by atoms with Crippen LogP contribution in [-0.2, 0) is 19.6 Å². The predicted molar refractivity (Wildman–Crippen MR) is 111 cm³/mol. The van der Waals surface area contributed by atoms with Gasteiger partial charge in [0.1, 0.15) is 0 Å². The molecule has 0 radical (unpaired) electrons. The lowest BCUT2D eigenvalue weighted by Gasteiger charge is -2.27. The summed E-state index contributed by atoms with van der Waals surface area (Å²) in [6, 6.07) is 11.8. The first-order valence-electron chi connectivity index (χ1n) is 9.32. The molecular formula is C20H22N4O5S. The van der Waals surface area contributed by atoms with Crippen LogP contribution in [0.25, 0.3) is 0 Å². The number of nitrogens with zero attached hydrogens (tertiary/aromatic N) is 1. The Morgan fingerprint density at radius 3 is 2.23 bits per heavy atom. The Kier molecular flexibility index (Phi) is 6.18. The molecule has 30 heavy (non-hydrogen) atoms. The fraction of sp³-hybridized carbons (Fsp3) is 0.250. The van der Waals surface area contributed by atoms with E-state index in [2.05, 4.69) is 15.5 Å². The minimum absolute atomic E-state index is 0.104. The molecule has 0 atom stereocenters. The predicted octanol–water partition coefficient (Wildman–Crippen LogP) is 1.78. The number of carbonyl (C=O) groups is 3. The van der Waals surface area contributed by atoms with E-state index in [1.54, 1.807) is 26.0 Å². The second-order valence-electron chi connectivity index (χ2n) is 7.07. The van der Waals surface area contributed by atoms with Crippen molar-refractivity contribution in [3.8, 4) is 0 Å². The van der Waals surface area contributed by atoms with Gasteiger partial charge < -0.3 is 5.32 Å². The van der Waals surface area contributed by atoms with Crippen molar-refractivity contribution in [2.75, 3.05) is 10.3 Å². The zero-order chi connectivity index (χ0) is 21.9. The highest BCUT2D eigenvalue weighted by Crippen LogP contribution is 2.19. The Morgan fingerprint density at radius 2 is 1.63 bits per heavy atom. The van der Waals surface area contributed by atoms with Gasteiger partial charge in [-0.3, -0.25) is 19.8 Å². The third-order valence-corrected chi connectivity index (χ3v) is 5.93. The summed E-state index contributed by atoms with van der Waals surface area (Å²) in [6.07, 6.45) is 0.288. The molecule has 1 saturated heterocycles. The van der Waals surface area contributed by atoms with E-state index < -0.39 is 15.9 Å². The molecule has 3 N–H and O–H groups in total. The van der Waals surface area contributed by atoms with Gasteiger partial charge in [-0.1, -0.05) is 0 Å². The maximum Gasteiger partial charge on any atom is 0.255 e. The summed E-state index contributed by atoms with van der Waals surface area (Å²) >= 11 is 0. The van der Waals surface area contributed by atoms with Crippen LogP contribution in [0.1, 0.15) is 37.0 Å². The maximum atomic E-state index is 12.5. The molecule has 1 heterocycles. The van der Waals surface area contributed by atoms with Crippen LogP contribution in [0.2, 0.25) is 0 Å². The number of sulfonamides is 1. The molecule has 0 unspecified atom stereocenters. The van der Waals surface area contributed by atoms with Crippen LogP contribution in [0.3, 0.4) is 0 Å². The summed E-state index contributed by atoms with van der Waals surface area (Å²) in [7, 11) is -3.61. The second kappa shape index (κ2) is 8.64. The molecule has 0 aliphatic carbocycles. The van der Waals surface area contributed by atoms with Gasteiger partial charge in [0.15, 0.2) is 0 Å². The van der Waals surface area contributed by atoms with Crippen molar-refractivity contribution in [3.63, 3.8) is 0 Å². The van der Waals surface area contributed by atoms with E-state index in [0.717, 1.165) is 5.01 Å². The van der Waals surface area contributed by atoms with E-state index in [-0.39, 0.29) is 35.6 Å². The number of hydrazine groups is 1. The first kappa shape index (κ1) is 21.5. The molecule has 2 aromatic rings. The zero-order valence-corrected chi connectivity index (χ0v) is 17.3. The van der Waals surface area contributed by atoms with Crippen molar-refractivity contribution < 1.29 is 22.8 Å². The molecule has 9 nitrogen and oxygen atoms in total. The summed E-state index contributed by atoms with van der Waals surface area (Å²) in [4.78, 5) is 36.0. The van der Waals surface area contributed by atoms with E-state index in [1.807, 2.05) is 0 Å². The molecule has 1 aliphatic rings. The summed E-state index contributed by atoms with van der Waals surface area (Å²) in [6.45, 7) is 3.46. The molecule has 10 heteroatoms. The molecule has 1 fully saturated rings. The van der Waals surface area contributed by atoms with Gasteiger partial charge in [-0.05, 0) is 62.4 Å². The fourth-order valence-corrected chi connectivity index (χ4v) is 4.10. The third kappa shape index (κ3) is 5.02. The first-order valence-corrected chi connectivity index (χ1v) is 10.8. The number of hydrogen-bond donors (Lipinski definition) is 3. The monoisotopic (exact) mass is 430 g/mol. The maximum absolute atomic E-state index is 12.5. The van der Waals surface area contributed by atoms with E-state index in [9.17, 15) is 22.8 Å². The first-order chi connectivity index (χ1) is 14.2. The third-order valence-electron chi connectivity index (χ3n) is 4.25. The second-order valence-corrected chi connectivity index (χ2v) is 8.78. The highest BCUT2D eigenvalue weighted by atomic mass is 32.2. The van der Waals surface area contributed by atoms with Gasteiger partial charge in [0.2, 0.25) is 21.8 Å². The number of amides is 3. The molecule has 3 rings (SSSR count). The fourth-order valence-electron chi connectivity index (χ4n) is 2.84. The molecule has 0 saturated carbocycles. The lowest BCUT2D eigenvalue weighted by molar-refractivity contribution is -0.130. The highest BCUT2D eigenvalue weighted by molar-refractivity contribution is 7.89. The Hall–Kier alpha value is -3.24. The SMILES string of the molecule is CC(C)NS(=O)(=O)c1ccc(NC(=O)c2ccc(N3NC(=O)CCC3=O)cc2)cc1. The van der Waals surface area contributed by atoms with Crippen LogP contribution >= 0.6 is 0 Å². The van der Waals surface area contributed by atoms with Crippen LogP contribution < -0.4 is 20.5 Å². The van der Waals surface area contributed by atoms with Crippen molar-refractivity contribution in [2.24, 2.45) is 0 Å². The lowest BCUT2D eigenvalue weighted by atomic mass is 10.1. The van der Waals surface area contributed by atoms with Crippen molar-refractivity contribution in [3.05, 3.63) is 54.1 Å². The zero-order valence-electron chi connectivity index (χ0n) is 16.5. The van der Waals surface area contributed by atoms with Gasteiger partial charge >= 0.3 is 0 Å². The molecular weight excluding hydrogens is 408 g/mol. The molecule has 0 aromatic heterocycles. The molecule has 1 aliphatic heterocycles. The van der Waals surface area contributed by atoms with Crippen LogP contribution in [0.4, 0.5) is 11.4 Å². The minimum Gasteiger partial charge on any atom is -0.322 e. The Morgan fingerprint density at radius 1 is 1.00 bits per heavy atom. The minimum atomic E-state index is -3.61. The van der Waals surface area contributed by atoms with E-state index in [1.165, 1.54) is 36.4 Å². The average Bonchev–Trinajstić information content (AvgIpc) is 2.69. The van der Waals surface area contributed by atoms with Crippen LogP contribution in [-0.4, -0.2) is 32.2 Å². The Bertz CT molecular complexity index is 1060. The lowest BCUT2D eigenvalue weighted by Crippen LogP contribution is -2.50. The summed E-state index contributed by atoms with van der Waals surface area (Å²) in [5, 5.41) is 3.85. The quantitative estimate of drug-likeness (QED) is 0.644. The normalized spacial score (nSPS) is 14.6. The van der Waals surface area contributed by atoms with Gasteiger partial charge in [0.25, 0.3) is 5.91 Å². The average molecular weight is 430 g/mol. The van der Waals surface area contributed by atoms with Gasteiger partial charge in [-0.25, -0.2) is 18.1 Å². The number of nitrogens with one attached hydrogen (secondary N) is 3. The van der Waals surface area contributed by atoms with Crippen LogP contribution in [0, 0.1) is 0 Å². The van der Waals surface area contributed by atoms with Crippen molar-refractivity contribution in [1.29, 1.82) is 0 Å². The smallest absolute Gasteiger partial charge is 0.255 e. The molecule has 0 spiro atoms. The molecule has 0 bridgehead atoms. The number of anilines is 2. The van der Waals surface area contributed by atoms with Gasteiger partial charge in [-0.2, -0.15) is 0 Å². The number of benzene rings is 2. The van der Waals surface area contributed by atoms with Gasteiger partial charge in [0, 0.05) is 30.1 Å². The topological polar surface area (TPSA) is 125 Å². The van der Waals surface area contributed by atoms with E-state index >= 15 is 0 Å². The number of hydrogen-bond acceptors (Lipinski definition) is 5. The largest absolute Gasteiger partial charge is 0.322 e. The van der Waals surface area contributed by atoms with E-state index in [0.29, 0.717) is 16.9 Å². The summed E-state index contributed by atoms with van der Waals surface area (Å²) < 4.78 is 26.8.